The van der Waals surface area contributed by atoms with Crippen LogP contribution in [0.1, 0.15) is 139 Å². The number of carbonyl (C=O) groups excluding carboxylic acids is 18. The lowest BCUT2D eigenvalue weighted by molar-refractivity contribution is -0.149. The van der Waals surface area contributed by atoms with Gasteiger partial charge in [0.2, 0.25) is 100 Å². The first kappa shape index (κ1) is 105. The lowest BCUT2D eigenvalue weighted by Gasteiger charge is -2.36. The quantitative estimate of drug-likeness (QED) is 0.0257. The Bertz CT molecular complexity index is 5280. The first-order valence-electron chi connectivity index (χ1n) is 44.7. The average Bonchev–Trinajstić information content (AvgIpc) is 1.66. The van der Waals surface area contributed by atoms with Gasteiger partial charge < -0.3 is 125 Å². The number of hydrogen-bond donors (Lipinski definition) is 19. The zero-order valence-corrected chi connectivity index (χ0v) is 76.8. The molecule has 17 amide bonds. The fraction of sp³-hybridized carbons (Fsp3) is 0.511. The summed E-state index contributed by atoms with van der Waals surface area (Å²) in [6.45, 7) is 2.22. The molecule has 15 atom stereocenters. The third kappa shape index (κ3) is 29.1. The van der Waals surface area contributed by atoms with Crippen LogP contribution in [-0.4, -0.2) is 321 Å². The number of nitrogens with two attached hydrogens (primary N) is 3. The third-order valence-corrected chi connectivity index (χ3v) is 25.3. The van der Waals surface area contributed by atoms with E-state index in [1.807, 2.05) is 6.92 Å². The zero-order chi connectivity index (χ0) is 98.6. The van der Waals surface area contributed by atoms with E-state index in [0.717, 1.165) is 24.5 Å². The molecule has 3 fully saturated rings. The van der Waals surface area contributed by atoms with Crippen molar-refractivity contribution in [3.05, 3.63) is 120 Å². The van der Waals surface area contributed by atoms with Crippen LogP contribution in [0.2, 0.25) is 0 Å². The first-order valence-corrected chi connectivity index (χ1v) is 45.9. The van der Waals surface area contributed by atoms with Gasteiger partial charge in [-0.1, -0.05) is 88.1 Å². The van der Waals surface area contributed by atoms with Crippen LogP contribution < -0.4 is 65.1 Å². The highest BCUT2D eigenvalue weighted by Gasteiger charge is 2.47. The highest BCUT2D eigenvalue weighted by molar-refractivity contribution is 8.00. The van der Waals surface area contributed by atoms with Crippen molar-refractivity contribution in [3.63, 3.8) is 0 Å². The number of H-pyrrole nitrogens is 3. The summed E-state index contributed by atoms with van der Waals surface area (Å²) in [6, 6.07) is -1.98. The van der Waals surface area contributed by atoms with Gasteiger partial charge >= 0.3 is 5.97 Å². The summed E-state index contributed by atoms with van der Waals surface area (Å²) >= 11 is 0.697. The minimum Gasteiger partial charge on any atom is -0.508 e. The maximum Gasteiger partial charge on any atom is 0.303 e. The number of ketones is 1. The Kier molecular flexibility index (Phi) is 38.6. The molecule has 6 aromatic rings. The van der Waals surface area contributed by atoms with E-state index >= 15 is 38.4 Å². The fourth-order valence-corrected chi connectivity index (χ4v) is 17.5. The van der Waals surface area contributed by atoms with Crippen molar-refractivity contribution in [2.24, 2.45) is 23.1 Å². The van der Waals surface area contributed by atoms with Crippen molar-refractivity contribution in [1.82, 2.24) is 92.3 Å². The Hall–Kier alpha value is -13.9. The molecule has 44 nitrogen and oxygen atoms in total. The number of phenolic OH excluding ortho intramolecular Hbond substituents is 1. The Morgan fingerprint density at radius 3 is 1.72 bits per heavy atom. The van der Waals surface area contributed by atoms with Gasteiger partial charge in [-0.25, -0.2) is 4.98 Å². The lowest BCUT2D eigenvalue weighted by atomic mass is 9.90. The summed E-state index contributed by atoms with van der Waals surface area (Å²) in [6.07, 6.45) is -0.0119. The van der Waals surface area contributed by atoms with Gasteiger partial charge in [0, 0.05) is 131 Å². The number of unbranched alkanes of at least 4 members (excludes halogenated alkanes) is 2. The molecule has 0 radical (unpaired) electrons. The van der Waals surface area contributed by atoms with Crippen molar-refractivity contribution in [2.75, 3.05) is 58.9 Å². The van der Waals surface area contributed by atoms with E-state index in [1.165, 1.54) is 64.9 Å². The number of nitrogens with zero attached hydrogens (tertiary/aromatic N) is 6. The minimum absolute atomic E-state index is 0.0551. The van der Waals surface area contributed by atoms with Gasteiger partial charge in [0.05, 0.1) is 49.5 Å². The number of benzene rings is 3. The van der Waals surface area contributed by atoms with Gasteiger partial charge in [-0.2, -0.15) is 0 Å². The number of nitrogens with one attached hydrogen (secondary N) is 12. The van der Waals surface area contributed by atoms with Crippen molar-refractivity contribution < 1.29 is 112 Å². The number of phenols is 1. The number of aromatic hydroxyl groups is 1. The van der Waals surface area contributed by atoms with Crippen LogP contribution in [0.5, 0.6) is 5.75 Å². The number of aromatic amines is 3. The number of likely N-dealkylation sites (N-methyl/N-ethyl adjacent to an activating group) is 3. The number of amides is 17. The molecule has 3 aliphatic rings. The SMILES string of the molecule is CCCC[C@H]1C(=O)N(C)[C@@H](CCCC)C(=O)N[C@@H](CCC(=O)O)C(=O)N[C@H](C(=O)NCC(N)=O)CSCC(=O)N[C@@H](Cc2ccc(O)cc2)C(=O)N(C)[C@@H](C)C(=O)N[C@@H](CC(N)=O)C(=O)N2CCC[C@H]2C(=O)N[C@@H](Cc2c[nH]cn2)C(=O)N[C@@H](CCC(N)=O)C(=O)N2C[C@H](O)C[C@H]2C(=O)C[C@@H](Cc2c[nH]c3ccccc23)C(=O)N[C@@H](CO)C(=O)N[C@@H](Cc2c[nH]c3ccccc23)C(=O)N1C. The van der Waals surface area contributed by atoms with Crippen LogP contribution in [0.3, 0.4) is 0 Å². The van der Waals surface area contributed by atoms with E-state index < -0.39 is 285 Å². The van der Waals surface area contributed by atoms with Crippen LogP contribution in [-0.2, 0) is 117 Å². The maximum absolute atomic E-state index is 15.7. The van der Waals surface area contributed by atoms with E-state index in [2.05, 4.69) is 67.8 Å². The largest absolute Gasteiger partial charge is 0.508 e. The molecular weight excluding hydrogens is 1780 g/mol. The number of rotatable bonds is 26. The molecule has 9 rings (SSSR count). The molecule has 3 aromatic heterocycles. The number of aliphatic hydroxyl groups excluding tert-OH is 2. The second-order valence-corrected chi connectivity index (χ2v) is 35.1. The molecule has 0 aliphatic carbocycles. The number of aliphatic hydroxyl groups is 2. The first-order chi connectivity index (χ1) is 64.3. The number of carbonyl (C=O) groups is 19. The summed E-state index contributed by atoms with van der Waals surface area (Å²) < 4.78 is 0. The molecule has 730 valence electrons. The lowest BCUT2D eigenvalue weighted by Crippen LogP contribution is -2.61. The number of thioether (sulfide) groups is 1. The smallest absolute Gasteiger partial charge is 0.303 e. The van der Waals surface area contributed by atoms with Gasteiger partial charge in [0.15, 0.2) is 5.78 Å². The number of aromatic nitrogens is 4. The molecule has 3 saturated heterocycles. The van der Waals surface area contributed by atoms with Gasteiger partial charge in [-0.05, 0) is 92.8 Å². The highest BCUT2D eigenvalue weighted by atomic mass is 32.2. The second-order valence-electron chi connectivity index (χ2n) is 34.1. The molecule has 22 N–H and O–H groups in total. The maximum atomic E-state index is 15.7. The van der Waals surface area contributed by atoms with Crippen molar-refractivity contribution in [1.29, 1.82) is 0 Å². The minimum atomic E-state index is -1.91. The predicted octanol–water partition coefficient (Wildman–Crippen LogP) is -3.02. The number of carboxylic acid groups (broad SMARTS) is 1. The molecule has 135 heavy (non-hydrogen) atoms. The molecule has 6 heterocycles. The Labute approximate surface area is 781 Å². The number of primary amides is 3. The number of fused-ring (bicyclic) bond motifs is 4. The van der Waals surface area contributed by atoms with Crippen molar-refractivity contribution in [3.8, 4) is 5.75 Å². The van der Waals surface area contributed by atoms with Gasteiger partial charge in [-0.3, -0.25) is 91.1 Å². The standard InChI is InChI=1S/C90H121N21O23S/c1-7-9-20-68-84(128)100-60(28-30-77(120)121)81(125)106-67(80(124)97-42-75(93)118)45-135-46-76(119)99-63(32-49-23-25-54(113)26-24-49)86(130)107(4)48(3)78(122)103-65(38-74(92)117)89(133)110-31-15-22-69(110)85(129)102-62(36-53-41-94-47-98-53)82(126)101-61(27-29-73(91)116)88(132)111-43-55(114)37-71(111)72(115)35-50(33-51-39-95-58-18-13-11-16-56(51)58)79(123)105-66(44-112)83(127)104-64(34-52-40-96-59-19-14-12-17-57(52)59)87(131)109(6)70(21-10-8-2)90(134)108(68)5/h11-14,16-19,23-26,39-41,47-48,50,55,60-71,95-96,112-114H,7-10,15,20-22,27-38,42-46H2,1-6H3,(H2,91,116)(H2,92,117)(H2,93,118)(H,94,98)(H,97,124)(H,99,119)(H,100,128)(H,101,126)(H,102,129)(H,103,122)(H,104,127)(H,105,123)(H,106,125)(H,120,121)/t48-,50+,55+,60-,61-,62-,63-,64-,65-,66-,67-,68-,69-,70-,71-/m0/s1. The molecule has 0 saturated carbocycles. The second kappa shape index (κ2) is 49.8. The summed E-state index contributed by atoms with van der Waals surface area (Å²) in [4.78, 5) is 293. The third-order valence-electron chi connectivity index (χ3n) is 24.2. The molecule has 0 unspecified atom stereocenters. The highest BCUT2D eigenvalue weighted by Crippen LogP contribution is 2.30. The van der Waals surface area contributed by atoms with Crippen molar-refractivity contribution >= 4 is 146 Å². The topological polar surface area (TPSA) is 668 Å². The predicted molar refractivity (Wildman–Crippen MR) is 488 cm³/mol. The van der Waals surface area contributed by atoms with E-state index in [0.29, 0.717) is 63.1 Å². The van der Waals surface area contributed by atoms with Crippen LogP contribution in [0, 0.1) is 5.92 Å². The number of para-hydroxylation sites is 2. The fourth-order valence-electron chi connectivity index (χ4n) is 16.7. The number of carboxylic acids is 1. The summed E-state index contributed by atoms with van der Waals surface area (Å²) in [7, 11) is 3.76. The Balaban J connectivity index is 1.10. The summed E-state index contributed by atoms with van der Waals surface area (Å²) in [5, 5.41) is 67.1. The summed E-state index contributed by atoms with van der Waals surface area (Å²) in [5.41, 5.74) is 19.5. The van der Waals surface area contributed by atoms with Crippen molar-refractivity contribution in [2.45, 2.75) is 227 Å². The Morgan fingerprint density at radius 2 is 1.10 bits per heavy atom. The van der Waals surface area contributed by atoms with E-state index in [1.54, 1.807) is 67.8 Å². The van der Waals surface area contributed by atoms with E-state index in [4.69, 9.17) is 17.2 Å². The van der Waals surface area contributed by atoms with Crippen LogP contribution in [0.4, 0.5) is 0 Å². The summed E-state index contributed by atoms with van der Waals surface area (Å²) in [5.74, 6) is -22.2. The van der Waals surface area contributed by atoms with Gasteiger partial charge in [0.1, 0.15) is 78.3 Å². The zero-order valence-electron chi connectivity index (χ0n) is 75.9. The molecule has 45 heteroatoms. The monoisotopic (exact) mass is 1900 g/mol. The molecule has 3 aliphatic heterocycles. The molecule has 0 bridgehead atoms. The normalized spacial score (nSPS) is 24.8. The number of Topliss-reactive ketones (excluding diaryl/α,β-unsaturated/α-hetero) is 1. The van der Waals surface area contributed by atoms with Gasteiger partial charge in [0.25, 0.3) is 0 Å². The molecule has 0 spiro atoms. The van der Waals surface area contributed by atoms with Crippen LogP contribution >= 0.6 is 11.8 Å². The van der Waals surface area contributed by atoms with Crippen LogP contribution in [0.15, 0.2) is 97.7 Å². The number of hydrogen-bond acceptors (Lipinski definition) is 24. The van der Waals surface area contributed by atoms with E-state index in [-0.39, 0.29) is 75.8 Å². The van der Waals surface area contributed by atoms with Crippen LogP contribution in [0.25, 0.3) is 21.8 Å². The average molecular weight is 1900 g/mol. The molecular formula is C90H121N21O23S. The molecule has 3 aromatic carbocycles. The van der Waals surface area contributed by atoms with Gasteiger partial charge in [-0.15, -0.1) is 11.8 Å². The number of aliphatic carboxylic acids is 1. The number of imidazole rings is 1. The Morgan fingerprint density at radius 1 is 0.541 bits per heavy atom. The van der Waals surface area contributed by atoms with E-state index in [9.17, 15) is 73.2 Å².